The highest BCUT2D eigenvalue weighted by atomic mass is 16.4. The molecule has 3 N–H and O–H groups in total. The van der Waals surface area contributed by atoms with Gasteiger partial charge in [0.25, 0.3) is 0 Å². The number of benzene rings is 1. The molecule has 0 aliphatic carbocycles. The second-order valence-electron chi connectivity index (χ2n) is 4.14. The van der Waals surface area contributed by atoms with E-state index < -0.39 is 0 Å². The summed E-state index contributed by atoms with van der Waals surface area (Å²) in [5, 5.41) is 6.69. The average Bonchev–Trinajstić information content (AvgIpc) is 2.98. The number of rotatable bonds is 2. The summed E-state index contributed by atoms with van der Waals surface area (Å²) in [5.41, 5.74) is 9.06. The SMILES string of the molecule is Cn1c(=O)oc2cc(C(N)c3ccn[nH]3)ccc21. The Morgan fingerprint density at radius 3 is 3.00 bits per heavy atom. The minimum atomic E-state index is -0.378. The molecule has 0 radical (unpaired) electrons. The number of aromatic amines is 1. The van der Waals surface area contributed by atoms with Crippen molar-refractivity contribution in [2.75, 3.05) is 0 Å². The van der Waals surface area contributed by atoms with Crippen LogP contribution in [0.3, 0.4) is 0 Å². The number of oxazole rings is 1. The third-order valence-corrected chi connectivity index (χ3v) is 3.03. The first-order valence-electron chi connectivity index (χ1n) is 5.51. The van der Waals surface area contributed by atoms with Crippen molar-refractivity contribution in [3.8, 4) is 0 Å². The van der Waals surface area contributed by atoms with E-state index in [0.717, 1.165) is 16.8 Å². The molecule has 2 heterocycles. The smallest absolute Gasteiger partial charge is 0.408 e. The molecular weight excluding hydrogens is 232 g/mol. The van der Waals surface area contributed by atoms with Crippen LogP contribution < -0.4 is 11.5 Å². The normalized spacial score (nSPS) is 13.0. The lowest BCUT2D eigenvalue weighted by atomic mass is 10.0. The van der Waals surface area contributed by atoms with Gasteiger partial charge in [-0.15, -0.1) is 0 Å². The predicted molar refractivity (Wildman–Crippen MR) is 66.1 cm³/mol. The van der Waals surface area contributed by atoms with E-state index in [9.17, 15) is 4.79 Å². The Morgan fingerprint density at radius 2 is 2.28 bits per heavy atom. The molecule has 0 amide bonds. The van der Waals surface area contributed by atoms with Gasteiger partial charge in [-0.1, -0.05) is 6.07 Å². The van der Waals surface area contributed by atoms with E-state index in [-0.39, 0.29) is 11.8 Å². The van der Waals surface area contributed by atoms with E-state index in [4.69, 9.17) is 10.2 Å². The zero-order valence-electron chi connectivity index (χ0n) is 9.75. The fourth-order valence-corrected chi connectivity index (χ4v) is 1.96. The maximum absolute atomic E-state index is 11.4. The van der Waals surface area contributed by atoms with Gasteiger partial charge in [0.15, 0.2) is 5.58 Å². The second-order valence-corrected chi connectivity index (χ2v) is 4.14. The van der Waals surface area contributed by atoms with Crippen LogP contribution in [0.4, 0.5) is 0 Å². The number of nitrogens with two attached hydrogens (primary N) is 1. The maximum atomic E-state index is 11.4. The number of aryl methyl sites for hydroxylation is 1. The van der Waals surface area contributed by atoms with Crippen molar-refractivity contribution in [2.24, 2.45) is 12.8 Å². The lowest BCUT2D eigenvalue weighted by Crippen LogP contribution is -2.12. The molecule has 1 aromatic carbocycles. The third-order valence-electron chi connectivity index (χ3n) is 3.03. The van der Waals surface area contributed by atoms with Crippen LogP contribution in [0.25, 0.3) is 11.1 Å². The minimum Gasteiger partial charge on any atom is -0.408 e. The molecule has 3 aromatic rings. The number of hydrogen-bond acceptors (Lipinski definition) is 4. The van der Waals surface area contributed by atoms with Crippen LogP contribution in [0.2, 0.25) is 0 Å². The number of fused-ring (bicyclic) bond motifs is 1. The summed E-state index contributed by atoms with van der Waals surface area (Å²) in [6.07, 6.45) is 1.65. The summed E-state index contributed by atoms with van der Waals surface area (Å²) in [4.78, 5) is 11.4. The molecule has 1 atom stereocenters. The van der Waals surface area contributed by atoms with Crippen molar-refractivity contribution in [3.05, 3.63) is 52.3 Å². The highest BCUT2D eigenvalue weighted by molar-refractivity contribution is 5.74. The Balaban J connectivity index is 2.11. The Hall–Kier alpha value is -2.34. The van der Waals surface area contributed by atoms with Gasteiger partial charge in [0.1, 0.15) is 0 Å². The number of aromatic nitrogens is 3. The van der Waals surface area contributed by atoms with Crippen molar-refractivity contribution >= 4 is 11.1 Å². The molecule has 0 aliphatic rings. The molecule has 0 aliphatic heterocycles. The van der Waals surface area contributed by atoms with Gasteiger partial charge in [0.2, 0.25) is 0 Å². The summed E-state index contributed by atoms with van der Waals surface area (Å²) in [6.45, 7) is 0. The Bertz CT molecular complexity index is 739. The van der Waals surface area contributed by atoms with Gasteiger partial charge in [-0.2, -0.15) is 5.10 Å². The molecule has 2 aromatic heterocycles. The van der Waals surface area contributed by atoms with Gasteiger partial charge in [0, 0.05) is 13.2 Å². The molecule has 0 bridgehead atoms. The Morgan fingerprint density at radius 1 is 1.44 bits per heavy atom. The molecule has 6 nitrogen and oxygen atoms in total. The van der Waals surface area contributed by atoms with E-state index in [2.05, 4.69) is 10.2 Å². The largest absolute Gasteiger partial charge is 0.419 e. The molecule has 92 valence electrons. The van der Waals surface area contributed by atoms with E-state index in [1.165, 1.54) is 4.57 Å². The van der Waals surface area contributed by atoms with Crippen molar-refractivity contribution < 1.29 is 4.42 Å². The highest BCUT2D eigenvalue weighted by Crippen LogP contribution is 2.21. The molecule has 0 spiro atoms. The molecule has 1 unspecified atom stereocenters. The third kappa shape index (κ3) is 1.54. The van der Waals surface area contributed by atoms with Crippen LogP contribution in [0.5, 0.6) is 0 Å². The number of H-pyrrole nitrogens is 1. The van der Waals surface area contributed by atoms with Crippen LogP contribution in [0.1, 0.15) is 17.3 Å². The first-order valence-corrected chi connectivity index (χ1v) is 5.51. The summed E-state index contributed by atoms with van der Waals surface area (Å²) < 4.78 is 6.59. The maximum Gasteiger partial charge on any atom is 0.419 e. The van der Waals surface area contributed by atoms with E-state index in [1.54, 1.807) is 19.3 Å². The van der Waals surface area contributed by atoms with Crippen molar-refractivity contribution in [1.82, 2.24) is 14.8 Å². The number of nitrogens with one attached hydrogen (secondary N) is 1. The summed E-state index contributed by atoms with van der Waals surface area (Å²) in [5.74, 6) is -0.378. The lowest BCUT2D eigenvalue weighted by molar-refractivity contribution is 0.527. The second kappa shape index (κ2) is 3.85. The van der Waals surface area contributed by atoms with Gasteiger partial charge in [0.05, 0.1) is 17.3 Å². The van der Waals surface area contributed by atoms with E-state index in [1.807, 2.05) is 18.2 Å². The monoisotopic (exact) mass is 244 g/mol. The lowest BCUT2D eigenvalue weighted by Gasteiger charge is -2.09. The van der Waals surface area contributed by atoms with Crippen molar-refractivity contribution in [2.45, 2.75) is 6.04 Å². The number of nitrogens with zero attached hydrogens (tertiary/aromatic N) is 2. The summed E-state index contributed by atoms with van der Waals surface area (Å²) >= 11 is 0. The molecule has 6 heteroatoms. The highest BCUT2D eigenvalue weighted by Gasteiger charge is 2.13. The Labute approximate surface area is 102 Å². The average molecular weight is 244 g/mol. The fourth-order valence-electron chi connectivity index (χ4n) is 1.96. The molecule has 0 fully saturated rings. The van der Waals surface area contributed by atoms with E-state index in [0.29, 0.717) is 5.58 Å². The van der Waals surface area contributed by atoms with E-state index >= 15 is 0 Å². The summed E-state index contributed by atoms with van der Waals surface area (Å²) in [7, 11) is 1.67. The molecule has 18 heavy (non-hydrogen) atoms. The van der Waals surface area contributed by atoms with Gasteiger partial charge < -0.3 is 10.2 Å². The van der Waals surface area contributed by atoms with Crippen LogP contribution in [0.15, 0.2) is 39.7 Å². The first-order chi connectivity index (χ1) is 8.66. The van der Waals surface area contributed by atoms with Gasteiger partial charge in [-0.3, -0.25) is 9.67 Å². The van der Waals surface area contributed by atoms with Crippen molar-refractivity contribution in [3.63, 3.8) is 0 Å². The Kier molecular flexibility index (Phi) is 2.31. The molecule has 0 saturated carbocycles. The topological polar surface area (TPSA) is 89.8 Å². The fraction of sp³-hybridized carbons (Fsp3) is 0.167. The molecule has 0 saturated heterocycles. The van der Waals surface area contributed by atoms with Gasteiger partial charge in [-0.05, 0) is 23.8 Å². The van der Waals surface area contributed by atoms with Crippen molar-refractivity contribution in [1.29, 1.82) is 0 Å². The quantitative estimate of drug-likeness (QED) is 0.700. The summed E-state index contributed by atoms with van der Waals surface area (Å²) in [6, 6.07) is 6.98. The molecule has 3 rings (SSSR count). The number of hydrogen-bond donors (Lipinski definition) is 2. The van der Waals surface area contributed by atoms with Gasteiger partial charge in [-0.25, -0.2) is 4.79 Å². The first kappa shape index (κ1) is 10.8. The van der Waals surface area contributed by atoms with Gasteiger partial charge >= 0.3 is 5.76 Å². The minimum absolute atomic E-state index is 0.317. The van der Waals surface area contributed by atoms with Crippen LogP contribution >= 0.6 is 0 Å². The van der Waals surface area contributed by atoms with Crippen LogP contribution in [-0.2, 0) is 7.05 Å². The zero-order chi connectivity index (χ0) is 12.7. The zero-order valence-corrected chi connectivity index (χ0v) is 9.75. The van der Waals surface area contributed by atoms with Crippen LogP contribution in [0, 0.1) is 0 Å². The predicted octanol–water partition coefficient (Wildman–Crippen LogP) is 0.903. The van der Waals surface area contributed by atoms with Crippen LogP contribution in [-0.4, -0.2) is 14.8 Å². The standard InChI is InChI=1S/C12H12N4O2/c1-16-9-3-2-7(6-10(9)18-12(16)17)11(13)8-4-5-14-15-8/h2-6,11H,13H2,1H3,(H,14,15). The molecular formula is C12H12N4O2.